The van der Waals surface area contributed by atoms with Gasteiger partial charge in [0.15, 0.2) is 10.2 Å². The van der Waals surface area contributed by atoms with Crippen LogP contribution in [0.5, 0.6) is 0 Å². The zero-order chi connectivity index (χ0) is 25.1. The SMILES string of the molecule is COCS[C@H]1C(=O)N2[C@H]3Nc4ccccc4[C@@]3(C3=CCc4ccccc43)C[C@]2(SCOC)C(=O)N1C. The van der Waals surface area contributed by atoms with Gasteiger partial charge >= 0.3 is 0 Å². The van der Waals surface area contributed by atoms with Crippen molar-refractivity contribution in [2.45, 2.75) is 34.7 Å². The zero-order valence-corrected chi connectivity index (χ0v) is 22.2. The van der Waals surface area contributed by atoms with Crippen LogP contribution in [0.4, 0.5) is 5.69 Å². The number of ether oxygens (including phenoxy) is 2. The van der Waals surface area contributed by atoms with Gasteiger partial charge in [0, 0.05) is 33.4 Å². The Morgan fingerprint density at radius 2 is 1.81 bits per heavy atom. The van der Waals surface area contributed by atoms with Gasteiger partial charge in [-0.3, -0.25) is 14.5 Å². The maximum absolute atomic E-state index is 14.3. The second-order valence-electron chi connectivity index (χ2n) is 9.60. The summed E-state index contributed by atoms with van der Waals surface area (Å²) in [6.45, 7) is 0. The number of nitrogens with zero attached hydrogens (tertiary/aromatic N) is 2. The largest absolute Gasteiger partial charge is 0.374 e. The first-order chi connectivity index (χ1) is 17.5. The summed E-state index contributed by atoms with van der Waals surface area (Å²) >= 11 is 2.75. The highest BCUT2D eigenvalue weighted by atomic mass is 32.2. The molecule has 7 nitrogen and oxygen atoms in total. The van der Waals surface area contributed by atoms with E-state index >= 15 is 0 Å². The lowest BCUT2D eigenvalue weighted by Crippen LogP contribution is -2.68. The number of fused-ring (bicyclic) bond motifs is 6. The summed E-state index contributed by atoms with van der Waals surface area (Å²) in [6.07, 6.45) is 3.21. The summed E-state index contributed by atoms with van der Waals surface area (Å²) in [6, 6.07) is 16.7. The molecule has 0 radical (unpaired) electrons. The van der Waals surface area contributed by atoms with E-state index in [1.165, 1.54) is 40.2 Å². The molecule has 2 saturated heterocycles. The van der Waals surface area contributed by atoms with Gasteiger partial charge in [-0.1, -0.05) is 72.1 Å². The molecule has 2 aromatic carbocycles. The maximum Gasteiger partial charge on any atom is 0.260 e. The number of piperazine rings is 1. The fourth-order valence-corrected chi connectivity index (χ4v) is 8.55. The number of hydrogen-bond donors (Lipinski definition) is 1. The molecule has 3 aliphatic heterocycles. The molecule has 4 aliphatic rings. The number of likely N-dealkylation sites (N-methyl/N-ethyl adjacent to an activating group) is 1. The molecule has 3 heterocycles. The van der Waals surface area contributed by atoms with E-state index in [1.807, 2.05) is 17.0 Å². The van der Waals surface area contributed by atoms with E-state index in [-0.39, 0.29) is 11.8 Å². The highest BCUT2D eigenvalue weighted by Gasteiger charge is 2.72. The van der Waals surface area contributed by atoms with Crippen LogP contribution in [0.15, 0.2) is 54.6 Å². The van der Waals surface area contributed by atoms with Gasteiger partial charge in [0.25, 0.3) is 11.8 Å². The third-order valence-corrected chi connectivity index (χ3v) is 10.4. The predicted octanol–water partition coefficient (Wildman–Crippen LogP) is 3.72. The van der Waals surface area contributed by atoms with E-state index in [0.717, 1.165) is 17.7 Å². The molecule has 0 spiro atoms. The fraction of sp³-hybridized carbons (Fsp3) is 0.407. The number of rotatable bonds is 7. The number of carbonyl (C=O) groups is 2. The van der Waals surface area contributed by atoms with E-state index < -0.39 is 21.8 Å². The summed E-state index contributed by atoms with van der Waals surface area (Å²) in [4.78, 5) is 30.9. The molecule has 1 N–H and O–H groups in total. The van der Waals surface area contributed by atoms with Gasteiger partial charge in [-0.05, 0) is 34.8 Å². The van der Waals surface area contributed by atoms with Crippen LogP contribution in [0.2, 0.25) is 0 Å². The number of hydrogen-bond acceptors (Lipinski definition) is 7. The van der Waals surface area contributed by atoms with Gasteiger partial charge in [0.05, 0.1) is 17.3 Å². The van der Waals surface area contributed by atoms with Crippen molar-refractivity contribution >= 4 is 46.6 Å². The van der Waals surface area contributed by atoms with Crippen LogP contribution < -0.4 is 5.32 Å². The number of methoxy groups -OCH3 is 2. The first-order valence-electron chi connectivity index (χ1n) is 12.0. The van der Waals surface area contributed by atoms with Crippen molar-refractivity contribution in [2.75, 3.05) is 38.5 Å². The molecule has 0 saturated carbocycles. The minimum atomic E-state index is -1.09. The van der Waals surface area contributed by atoms with Crippen LogP contribution in [-0.4, -0.2) is 71.2 Å². The van der Waals surface area contributed by atoms with Gasteiger partial charge < -0.3 is 19.7 Å². The summed E-state index contributed by atoms with van der Waals surface area (Å²) < 4.78 is 10.7. The Hall–Kier alpha value is -2.46. The Labute approximate surface area is 219 Å². The number of benzene rings is 2. The van der Waals surface area contributed by atoms with Crippen molar-refractivity contribution in [3.63, 3.8) is 0 Å². The van der Waals surface area contributed by atoms with Crippen molar-refractivity contribution in [1.82, 2.24) is 9.80 Å². The Morgan fingerprint density at radius 3 is 2.61 bits per heavy atom. The molecule has 0 aromatic heterocycles. The lowest BCUT2D eigenvalue weighted by atomic mass is 9.70. The van der Waals surface area contributed by atoms with Crippen molar-refractivity contribution in [1.29, 1.82) is 0 Å². The molecule has 36 heavy (non-hydrogen) atoms. The average molecular weight is 524 g/mol. The van der Waals surface area contributed by atoms with Crippen LogP contribution in [-0.2, 0) is 30.9 Å². The van der Waals surface area contributed by atoms with Crippen molar-refractivity contribution in [3.8, 4) is 0 Å². The van der Waals surface area contributed by atoms with Gasteiger partial charge in [-0.2, -0.15) is 0 Å². The zero-order valence-electron chi connectivity index (χ0n) is 20.5. The molecule has 2 fully saturated rings. The molecular weight excluding hydrogens is 494 g/mol. The van der Waals surface area contributed by atoms with Gasteiger partial charge in [-0.15, -0.1) is 0 Å². The Kier molecular flexibility index (Phi) is 5.87. The minimum Gasteiger partial charge on any atom is -0.374 e. The molecule has 6 rings (SSSR count). The number of thioether (sulfide) groups is 2. The van der Waals surface area contributed by atoms with E-state index in [2.05, 4.69) is 47.8 Å². The highest BCUT2D eigenvalue weighted by Crippen LogP contribution is 2.65. The van der Waals surface area contributed by atoms with E-state index in [1.54, 1.807) is 26.2 Å². The second kappa shape index (κ2) is 8.83. The van der Waals surface area contributed by atoms with Crippen LogP contribution >= 0.6 is 23.5 Å². The number of allylic oxidation sites excluding steroid dienone is 1. The summed E-state index contributed by atoms with van der Waals surface area (Å²) in [5, 5.41) is 3.03. The quantitative estimate of drug-likeness (QED) is 0.555. The number of nitrogens with one attached hydrogen (secondary N) is 1. The second-order valence-corrected chi connectivity index (χ2v) is 11.8. The standard InChI is InChI=1S/C27H29N3O4S2/c1-29-23(35-15-33-2)22(31)30-24-26(20-10-6-7-11-21(20)28-24,14-27(30,25(29)32)36-16-34-3)19-13-12-17-8-4-5-9-18(17)19/h4-11,13,23-24,28H,12,14-16H2,1-3H3/t23-,24+,26-,27-/m0/s1. The molecule has 1 aliphatic carbocycles. The van der Waals surface area contributed by atoms with Crippen molar-refractivity contribution in [3.05, 3.63) is 71.3 Å². The molecule has 4 atom stereocenters. The van der Waals surface area contributed by atoms with Crippen LogP contribution in [0.1, 0.15) is 23.1 Å². The third kappa shape index (κ3) is 3.09. The molecule has 2 amide bonds. The summed E-state index contributed by atoms with van der Waals surface area (Å²) in [5.41, 5.74) is 5.24. The number of anilines is 1. The van der Waals surface area contributed by atoms with Crippen LogP contribution in [0, 0.1) is 0 Å². The van der Waals surface area contributed by atoms with E-state index in [4.69, 9.17) is 9.47 Å². The lowest BCUT2D eigenvalue weighted by molar-refractivity contribution is -0.157. The summed E-state index contributed by atoms with van der Waals surface area (Å²) in [5.74, 6) is 0.473. The first kappa shape index (κ1) is 23.9. The van der Waals surface area contributed by atoms with Crippen molar-refractivity contribution in [2.24, 2.45) is 0 Å². The molecular formula is C27H29N3O4S2. The number of carbonyl (C=O) groups excluding carboxylic acids is 2. The number of para-hydroxylation sites is 1. The average Bonchev–Trinajstić information content (AvgIpc) is 3.54. The topological polar surface area (TPSA) is 71.1 Å². The molecule has 188 valence electrons. The predicted molar refractivity (Wildman–Crippen MR) is 143 cm³/mol. The van der Waals surface area contributed by atoms with E-state index in [9.17, 15) is 9.59 Å². The highest BCUT2D eigenvalue weighted by molar-refractivity contribution is 8.01. The van der Waals surface area contributed by atoms with Crippen LogP contribution in [0.3, 0.4) is 0 Å². The Bertz CT molecular complexity index is 1270. The monoisotopic (exact) mass is 523 g/mol. The lowest BCUT2D eigenvalue weighted by Gasteiger charge is -2.48. The molecule has 2 aromatic rings. The fourth-order valence-electron chi connectivity index (χ4n) is 6.46. The van der Waals surface area contributed by atoms with Crippen molar-refractivity contribution < 1.29 is 19.1 Å². The van der Waals surface area contributed by atoms with Crippen LogP contribution in [0.25, 0.3) is 5.57 Å². The first-order valence-corrected chi connectivity index (χ1v) is 14.0. The normalized spacial score (nSPS) is 30.0. The molecule has 0 unspecified atom stereocenters. The molecule has 9 heteroatoms. The van der Waals surface area contributed by atoms with Gasteiger partial charge in [0.1, 0.15) is 6.17 Å². The van der Waals surface area contributed by atoms with Gasteiger partial charge in [-0.25, -0.2) is 0 Å². The Morgan fingerprint density at radius 1 is 1.06 bits per heavy atom. The number of amides is 2. The maximum atomic E-state index is 14.3. The smallest absolute Gasteiger partial charge is 0.260 e. The minimum absolute atomic E-state index is 0.0716. The third-order valence-electron chi connectivity index (χ3n) is 7.86. The summed E-state index contributed by atoms with van der Waals surface area (Å²) in [7, 11) is 4.95. The van der Waals surface area contributed by atoms with Gasteiger partial charge in [0.2, 0.25) is 0 Å². The molecule has 0 bridgehead atoms. The van der Waals surface area contributed by atoms with E-state index in [0.29, 0.717) is 18.3 Å². The Balaban J connectivity index is 1.57.